The Bertz CT molecular complexity index is 854. The van der Waals surface area contributed by atoms with Crippen LogP contribution in [0.5, 0.6) is 0 Å². The second-order valence-electron chi connectivity index (χ2n) is 6.23. The van der Waals surface area contributed by atoms with Crippen molar-refractivity contribution in [1.82, 2.24) is 20.0 Å². The van der Waals surface area contributed by atoms with Crippen LogP contribution in [0.4, 0.5) is 10.5 Å². The van der Waals surface area contributed by atoms with E-state index >= 15 is 0 Å². The van der Waals surface area contributed by atoms with Gasteiger partial charge < -0.3 is 15.1 Å². The minimum absolute atomic E-state index is 0.0423. The summed E-state index contributed by atoms with van der Waals surface area (Å²) >= 11 is 0. The van der Waals surface area contributed by atoms with Gasteiger partial charge in [0.15, 0.2) is 0 Å². The Balaban J connectivity index is 1.68. The van der Waals surface area contributed by atoms with Gasteiger partial charge in [0.1, 0.15) is 5.76 Å². The summed E-state index contributed by atoms with van der Waals surface area (Å²) < 4.78 is 7.26. The summed E-state index contributed by atoms with van der Waals surface area (Å²) in [6, 6.07) is 12.9. The number of benzene rings is 1. The zero-order chi connectivity index (χ0) is 18.5. The average Bonchev–Trinajstić information content (AvgIpc) is 3.27. The van der Waals surface area contributed by atoms with E-state index in [9.17, 15) is 4.79 Å². The fourth-order valence-electron chi connectivity index (χ4n) is 2.76. The molecular formula is C19H23N5O2. The maximum Gasteiger partial charge on any atom is 0.319 e. The van der Waals surface area contributed by atoms with Crippen molar-refractivity contribution in [2.24, 2.45) is 0 Å². The Morgan fingerprint density at radius 3 is 2.69 bits per heavy atom. The molecule has 1 atom stereocenters. The van der Waals surface area contributed by atoms with E-state index in [0.717, 1.165) is 17.1 Å². The van der Waals surface area contributed by atoms with Gasteiger partial charge >= 0.3 is 6.03 Å². The smallest absolute Gasteiger partial charge is 0.319 e. The number of urea groups is 1. The number of anilines is 1. The highest BCUT2D eigenvalue weighted by Gasteiger charge is 2.18. The molecule has 3 aromatic rings. The summed E-state index contributed by atoms with van der Waals surface area (Å²) in [6.45, 7) is 2.39. The molecule has 0 spiro atoms. The number of rotatable bonds is 6. The molecular weight excluding hydrogens is 330 g/mol. The summed E-state index contributed by atoms with van der Waals surface area (Å²) in [7, 11) is 3.89. The molecule has 0 fully saturated rings. The van der Waals surface area contributed by atoms with Gasteiger partial charge in [0, 0.05) is 18.4 Å². The minimum Gasteiger partial charge on any atom is -0.468 e. The third-order valence-electron chi connectivity index (χ3n) is 4.16. The summed E-state index contributed by atoms with van der Waals surface area (Å²) in [5.41, 5.74) is 2.50. The largest absolute Gasteiger partial charge is 0.468 e. The molecule has 0 bridgehead atoms. The molecule has 2 amide bonds. The van der Waals surface area contributed by atoms with Crippen LogP contribution in [0.1, 0.15) is 17.5 Å². The Morgan fingerprint density at radius 1 is 1.23 bits per heavy atom. The molecule has 1 aromatic carbocycles. The number of amides is 2. The maximum absolute atomic E-state index is 12.4. The number of hydrogen-bond donors (Lipinski definition) is 2. The number of aryl methyl sites for hydroxylation is 1. The van der Waals surface area contributed by atoms with E-state index in [1.807, 2.05) is 68.4 Å². The average molecular weight is 353 g/mol. The van der Waals surface area contributed by atoms with Crippen molar-refractivity contribution in [1.29, 1.82) is 0 Å². The molecule has 7 heteroatoms. The first kappa shape index (κ1) is 17.8. The van der Waals surface area contributed by atoms with Crippen molar-refractivity contribution < 1.29 is 9.21 Å². The van der Waals surface area contributed by atoms with Crippen LogP contribution in [0.3, 0.4) is 0 Å². The van der Waals surface area contributed by atoms with Crippen LogP contribution in [-0.4, -0.2) is 41.4 Å². The molecule has 0 saturated heterocycles. The molecule has 136 valence electrons. The van der Waals surface area contributed by atoms with Crippen molar-refractivity contribution in [3.8, 4) is 5.69 Å². The van der Waals surface area contributed by atoms with E-state index in [0.29, 0.717) is 12.2 Å². The van der Waals surface area contributed by atoms with Gasteiger partial charge in [-0.3, -0.25) is 4.90 Å². The highest BCUT2D eigenvalue weighted by atomic mass is 16.3. The molecule has 3 rings (SSSR count). The molecule has 0 aliphatic heterocycles. The molecule has 1 unspecified atom stereocenters. The van der Waals surface area contributed by atoms with Gasteiger partial charge in [-0.05, 0) is 51.4 Å². The number of furan rings is 1. The predicted molar refractivity (Wildman–Crippen MR) is 100 cm³/mol. The van der Waals surface area contributed by atoms with Crippen molar-refractivity contribution in [2.45, 2.75) is 13.0 Å². The predicted octanol–water partition coefficient (Wildman–Crippen LogP) is 3.20. The third kappa shape index (κ3) is 3.94. The fraction of sp³-hybridized carbons (Fsp3) is 0.263. The van der Waals surface area contributed by atoms with Crippen LogP contribution < -0.4 is 10.6 Å². The number of likely N-dealkylation sites (N-methyl/N-ethyl adjacent to an activating group) is 1. The van der Waals surface area contributed by atoms with Crippen LogP contribution in [0.2, 0.25) is 0 Å². The SMILES string of the molecule is Cc1ccnn1-c1ccccc1NC(=O)NCC(c1ccco1)N(C)C. The van der Waals surface area contributed by atoms with Crippen LogP contribution in [-0.2, 0) is 0 Å². The number of nitrogens with zero attached hydrogens (tertiary/aromatic N) is 3. The number of hydrogen-bond acceptors (Lipinski definition) is 4. The molecule has 2 aromatic heterocycles. The number of nitrogens with one attached hydrogen (secondary N) is 2. The number of carbonyl (C=O) groups excluding carboxylic acids is 1. The monoisotopic (exact) mass is 353 g/mol. The van der Waals surface area contributed by atoms with Crippen LogP contribution in [0.15, 0.2) is 59.3 Å². The Morgan fingerprint density at radius 2 is 2.04 bits per heavy atom. The normalized spacial score (nSPS) is 12.2. The zero-order valence-corrected chi connectivity index (χ0v) is 15.1. The van der Waals surface area contributed by atoms with E-state index in [4.69, 9.17) is 4.42 Å². The van der Waals surface area contributed by atoms with E-state index in [1.165, 1.54) is 0 Å². The van der Waals surface area contributed by atoms with E-state index in [-0.39, 0.29) is 12.1 Å². The standard InChI is InChI=1S/C19H23N5O2/c1-14-10-11-21-24(14)16-8-5-4-7-15(16)22-19(25)20-13-17(23(2)3)18-9-6-12-26-18/h4-12,17H,13H2,1-3H3,(H2,20,22,25). The van der Waals surface area contributed by atoms with Crippen molar-refractivity contribution in [2.75, 3.05) is 26.0 Å². The van der Waals surface area contributed by atoms with Gasteiger partial charge in [-0.1, -0.05) is 12.1 Å². The highest BCUT2D eigenvalue weighted by molar-refractivity contribution is 5.91. The molecule has 2 N–H and O–H groups in total. The lowest BCUT2D eigenvalue weighted by atomic mass is 10.2. The van der Waals surface area contributed by atoms with E-state index < -0.39 is 0 Å². The maximum atomic E-state index is 12.4. The zero-order valence-electron chi connectivity index (χ0n) is 15.1. The van der Waals surface area contributed by atoms with Crippen molar-refractivity contribution in [3.05, 3.63) is 66.4 Å². The minimum atomic E-state index is -0.277. The molecule has 7 nitrogen and oxygen atoms in total. The van der Waals surface area contributed by atoms with Gasteiger partial charge in [0.05, 0.1) is 23.7 Å². The first-order valence-corrected chi connectivity index (χ1v) is 8.41. The van der Waals surface area contributed by atoms with E-state index in [1.54, 1.807) is 17.1 Å². The first-order valence-electron chi connectivity index (χ1n) is 8.41. The Kier molecular flexibility index (Phi) is 5.38. The quantitative estimate of drug-likeness (QED) is 0.714. The molecule has 0 aliphatic carbocycles. The lowest BCUT2D eigenvalue weighted by Gasteiger charge is -2.22. The first-order chi connectivity index (χ1) is 12.6. The van der Waals surface area contributed by atoms with Gasteiger partial charge in [-0.25, -0.2) is 9.48 Å². The lowest BCUT2D eigenvalue weighted by molar-refractivity contribution is 0.233. The number of para-hydroxylation sites is 2. The van der Waals surface area contributed by atoms with E-state index in [2.05, 4.69) is 15.7 Å². The summed E-state index contributed by atoms with van der Waals surface area (Å²) in [4.78, 5) is 14.4. The number of aromatic nitrogens is 2. The van der Waals surface area contributed by atoms with Crippen LogP contribution in [0.25, 0.3) is 5.69 Å². The molecule has 0 radical (unpaired) electrons. The second-order valence-corrected chi connectivity index (χ2v) is 6.23. The van der Waals surface area contributed by atoms with Gasteiger partial charge in [-0.2, -0.15) is 5.10 Å². The molecule has 2 heterocycles. The highest BCUT2D eigenvalue weighted by Crippen LogP contribution is 2.21. The van der Waals surface area contributed by atoms with Crippen LogP contribution in [0, 0.1) is 6.92 Å². The second kappa shape index (κ2) is 7.88. The molecule has 0 saturated carbocycles. The Hall–Kier alpha value is -3.06. The summed E-state index contributed by atoms with van der Waals surface area (Å²) in [6.07, 6.45) is 3.37. The Labute approximate surface area is 152 Å². The molecule has 0 aliphatic rings. The topological polar surface area (TPSA) is 75.3 Å². The molecule has 26 heavy (non-hydrogen) atoms. The summed E-state index contributed by atoms with van der Waals surface area (Å²) in [5.74, 6) is 0.808. The fourth-order valence-corrected chi connectivity index (χ4v) is 2.76. The van der Waals surface area contributed by atoms with Crippen molar-refractivity contribution >= 4 is 11.7 Å². The van der Waals surface area contributed by atoms with Crippen molar-refractivity contribution in [3.63, 3.8) is 0 Å². The lowest BCUT2D eigenvalue weighted by Crippen LogP contribution is -2.36. The third-order valence-corrected chi connectivity index (χ3v) is 4.16. The van der Waals surface area contributed by atoms with Gasteiger partial charge in [0.25, 0.3) is 0 Å². The van der Waals surface area contributed by atoms with Crippen LogP contribution >= 0.6 is 0 Å². The number of carbonyl (C=O) groups is 1. The summed E-state index contributed by atoms with van der Waals surface area (Å²) in [5, 5.41) is 10.1. The van der Waals surface area contributed by atoms with Gasteiger partial charge in [-0.15, -0.1) is 0 Å². The van der Waals surface area contributed by atoms with Gasteiger partial charge in [0.2, 0.25) is 0 Å².